The van der Waals surface area contributed by atoms with Crippen LogP contribution in [0.25, 0.3) is 0 Å². The highest BCUT2D eigenvalue weighted by atomic mass is 16.5. The van der Waals surface area contributed by atoms with Gasteiger partial charge in [0, 0.05) is 12.1 Å². The van der Waals surface area contributed by atoms with Gasteiger partial charge in [0.1, 0.15) is 5.75 Å². The number of ether oxygens (including phenoxy) is 1. The normalized spacial score (nSPS) is 12.0. The molecule has 0 aliphatic heterocycles. The first kappa shape index (κ1) is 15.0. The monoisotopic (exact) mass is 264 g/mol. The lowest BCUT2D eigenvalue weighted by molar-refractivity contribution is -0.127. The van der Waals surface area contributed by atoms with E-state index in [4.69, 9.17) is 10.5 Å². The molecule has 1 rings (SSSR count). The zero-order valence-corrected chi connectivity index (χ0v) is 11.5. The molecule has 0 saturated carbocycles. The summed E-state index contributed by atoms with van der Waals surface area (Å²) in [5, 5.41) is 2.79. The Hall–Kier alpha value is -2.04. The largest absolute Gasteiger partial charge is 0.481 e. The van der Waals surface area contributed by atoms with E-state index in [9.17, 15) is 9.59 Å². The van der Waals surface area contributed by atoms with Gasteiger partial charge in [-0.05, 0) is 37.1 Å². The number of nitrogens with one attached hydrogen (secondary N) is 1. The second-order valence-electron chi connectivity index (χ2n) is 4.79. The van der Waals surface area contributed by atoms with Gasteiger partial charge in [-0.25, -0.2) is 0 Å². The molecule has 0 heterocycles. The molecule has 3 N–H and O–H groups in total. The Morgan fingerprint density at radius 1 is 1.21 bits per heavy atom. The molecule has 104 valence electrons. The maximum atomic E-state index is 11.7. The van der Waals surface area contributed by atoms with Gasteiger partial charge in [0.2, 0.25) is 5.91 Å². The number of primary amides is 1. The molecule has 0 spiro atoms. The predicted molar refractivity (Wildman–Crippen MR) is 72.9 cm³/mol. The van der Waals surface area contributed by atoms with Gasteiger partial charge in [0.25, 0.3) is 5.91 Å². The number of hydrogen-bond donors (Lipinski definition) is 2. The quantitative estimate of drug-likeness (QED) is 0.813. The van der Waals surface area contributed by atoms with Crippen molar-refractivity contribution in [2.45, 2.75) is 26.9 Å². The summed E-state index contributed by atoms with van der Waals surface area (Å²) in [6.07, 6.45) is -0.585. The molecule has 2 amide bonds. The molecule has 0 aliphatic rings. The van der Waals surface area contributed by atoms with Gasteiger partial charge in [-0.1, -0.05) is 13.8 Å². The minimum atomic E-state index is -0.585. The molecule has 0 bridgehead atoms. The molecular formula is C14H20N2O3. The van der Waals surface area contributed by atoms with E-state index >= 15 is 0 Å². The number of hydrogen-bond acceptors (Lipinski definition) is 3. The summed E-state index contributed by atoms with van der Waals surface area (Å²) in [6.45, 7) is 6.34. The van der Waals surface area contributed by atoms with Crippen molar-refractivity contribution in [2.24, 2.45) is 11.7 Å². The van der Waals surface area contributed by atoms with Crippen molar-refractivity contribution in [2.75, 3.05) is 6.54 Å². The lowest BCUT2D eigenvalue weighted by Crippen LogP contribution is -2.38. The highest BCUT2D eigenvalue weighted by molar-refractivity contribution is 5.92. The first-order valence-corrected chi connectivity index (χ1v) is 6.24. The highest BCUT2D eigenvalue weighted by Crippen LogP contribution is 2.13. The smallest absolute Gasteiger partial charge is 0.260 e. The summed E-state index contributed by atoms with van der Waals surface area (Å²) in [7, 11) is 0. The highest BCUT2D eigenvalue weighted by Gasteiger charge is 2.14. The van der Waals surface area contributed by atoms with Crippen molar-refractivity contribution in [3.05, 3.63) is 29.8 Å². The third-order valence-electron chi connectivity index (χ3n) is 2.51. The molecule has 0 fully saturated rings. The van der Waals surface area contributed by atoms with Crippen LogP contribution in [0.4, 0.5) is 0 Å². The van der Waals surface area contributed by atoms with E-state index < -0.39 is 12.0 Å². The zero-order valence-electron chi connectivity index (χ0n) is 11.5. The summed E-state index contributed by atoms with van der Waals surface area (Å²) in [4.78, 5) is 22.6. The molecular weight excluding hydrogens is 244 g/mol. The first-order chi connectivity index (χ1) is 8.90. The summed E-state index contributed by atoms with van der Waals surface area (Å²) in [6, 6.07) is 6.37. The fraction of sp³-hybridized carbons (Fsp3) is 0.429. The second kappa shape index (κ2) is 6.78. The SMILES string of the molecule is CC(C)CNC(=O)[C@H](C)Oc1ccc(C(N)=O)cc1. The molecule has 1 atom stereocenters. The number of benzene rings is 1. The lowest BCUT2D eigenvalue weighted by atomic mass is 10.2. The van der Waals surface area contributed by atoms with E-state index in [1.54, 1.807) is 31.2 Å². The van der Waals surface area contributed by atoms with E-state index in [0.717, 1.165) is 0 Å². The Morgan fingerprint density at radius 2 is 1.79 bits per heavy atom. The Morgan fingerprint density at radius 3 is 2.26 bits per heavy atom. The predicted octanol–water partition coefficient (Wildman–Crippen LogP) is 1.32. The maximum absolute atomic E-state index is 11.7. The van der Waals surface area contributed by atoms with E-state index in [1.165, 1.54) is 0 Å². The van der Waals surface area contributed by atoms with Crippen molar-refractivity contribution in [1.29, 1.82) is 0 Å². The van der Waals surface area contributed by atoms with E-state index in [-0.39, 0.29) is 5.91 Å². The van der Waals surface area contributed by atoms with E-state index in [0.29, 0.717) is 23.8 Å². The second-order valence-corrected chi connectivity index (χ2v) is 4.79. The molecule has 19 heavy (non-hydrogen) atoms. The number of carbonyl (C=O) groups is 2. The average Bonchev–Trinajstić information content (AvgIpc) is 2.36. The summed E-state index contributed by atoms with van der Waals surface area (Å²) >= 11 is 0. The Kier molecular flexibility index (Phi) is 5.36. The minimum Gasteiger partial charge on any atom is -0.481 e. The first-order valence-electron chi connectivity index (χ1n) is 6.24. The van der Waals surface area contributed by atoms with Crippen LogP contribution in [-0.4, -0.2) is 24.5 Å². The Bertz CT molecular complexity index is 441. The van der Waals surface area contributed by atoms with Gasteiger partial charge in [-0.3, -0.25) is 9.59 Å². The van der Waals surface area contributed by atoms with Crippen molar-refractivity contribution >= 4 is 11.8 Å². The fourth-order valence-corrected chi connectivity index (χ4v) is 1.40. The average molecular weight is 264 g/mol. The number of carbonyl (C=O) groups excluding carboxylic acids is 2. The molecule has 1 aromatic carbocycles. The van der Waals surface area contributed by atoms with Crippen LogP contribution in [-0.2, 0) is 4.79 Å². The van der Waals surface area contributed by atoms with Crippen LogP contribution in [0.5, 0.6) is 5.75 Å². The van der Waals surface area contributed by atoms with Gasteiger partial charge in [-0.15, -0.1) is 0 Å². The molecule has 5 heteroatoms. The van der Waals surface area contributed by atoms with Crippen LogP contribution in [0.3, 0.4) is 0 Å². The van der Waals surface area contributed by atoms with Crippen LogP contribution in [0, 0.1) is 5.92 Å². The van der Waals surface area contributed by atoms with Crippen molar-refractivity contribution in [3.63, 3.8) is 0 Å². The molecule has 0 saturated heterocycles. The fourth-order valence-electron chi connectivity index (χ4n) is 1.40. The third kappa shape index (κ3) is 4.99. The van der Waals surface area contributed by atoms with E-state index in [2.05, 4.69) is 5.32 Å². The minimum absolute atomic E-state index is 0.160. The maximum Gasteiger partial charge on any atom is 0.260 e. The van der Waals surface area contributed by atoms with Gasteiger partial charge < -0.3 is 15.8 Å². The molecule has 0 unspecified atom stereocenters. The standard InChI is InChI=1S/C14H20N2O3/c1-9(2)8-16-14(18)10(3)19-12-6-4-11(5-7-12)13(15)17/h4-7,9-10H,8H2,1-3H3,(H2,15,17)(H,16,18)/t10-/m0/s1. The Labute approximate surface area is 113 Å². The van der Waals surface area contributed by atoms with Crippen LogP contribution < -0.4 is 15.8 Å². The molecule has 1 aromatic rings. The molecule has 0 radical (unpaired) electrons. The van der Waals surface area contributed by atoms with Gasteiger partial charge in [0.15, 0.2) is 6.10 Å². The summed E-state index contributed by atoms with van der Waals surface area (Å²) in [5.74, 6) is 0.269. The number of rotatable bonds is 6. The number of amides is 2. The third-order valence-corrected chi connectivity index (χ3v) is 2.51. The van der Waals surface area contributed by atoms with Gasteiger partial charge >= 0.3 is 0 Å². The van der Waals surface area contributed by atoms with Gasteiger partial charge in [0.05, 0.1) is 0 Å². The van der Waals surface area contributed by atoms with Crippen LogP contribution in [0.1, 0.15) is 31.1 Å². The molecule has 0 aliphatic carbocycles. The summed E-state index contributed by atoms with van der Waals surface area (Å²) < 4.78 is 5.48. The van der Waals surface area contributed by atoms with Crippen molar-refractivity contribution in [3.8, 4) is 5.75 Å². The lowest BCUT2D eigenvalue weighted by Gasteiger charge is -2.15. The van der Waals surface area contributed by atoms with Crippen molar-refractivity contribution < 1.29 is 14.3 Å². The van der Waals surface area contributed by atoms with Crippen molar-refractivity contribution in [1.82, 2.24) is 5.32 Å². The Balaban J connectivity index is 2.54. The van der Waals surface area contributed by atoms with Gasteiger partial charge in [-0.2, -0.15) is 0 Å². The van der Waals surface area contributed by atoms with Crippen LogP contribution >= 0.6 is 0 Å². The molecule has 0 aromatic heterocycles. The number of nitrogens with two attached hydrogens (primary N) is 1. The summed E-state index contributed by atoms with van der Waals surface area (Å²) in [5.41, 5.74) is 5.54. The topological polar surface area (TPSA) is 81.4 Å². The molecule has 5 nitrogen and oxygen atoms in total. The van der Waals surface area contributed by atoms with Crippen LogP contribution in [0.15, 0.2) is 24.3 Å². The zero-order chi connectivity index (χ0) is 14.4. The van der Waals surface area contributed by atoms with E-state index in [1.807, 2.05) is 13.8 Å². The van der Waals surface area contributed by atoms with Crippen LogP contribution in [0.2, 0.25) is 0 Å².